The molecule has 0 saturated heterocycles. The van der Waals surface area contributed by atoms with Crippen LogP contribution in [0.4, 0.5) is 4.79 Å². The van der Waals surface area contributed by atoms with Crippen molar-refractivity contribution in [3.8, 4) is 51.7 Å². The Bertz CT molecular complexity index is 1900. The van der Waals surface area contributed by atoms with Crippen LogP contribution < -0.4 is 47.7 Å². The summed E-state index contributed by atoms with van der Waals surface area (Å²) in [6.07, 6.45) is 49.1. The van der Waals surface area contributed by atoms with Crippen molar-refractivity contribution in [1.29, 1.82) is 0 Å². The molecule has 0 saturated carbocycles. The molecule has 0 unspecified atom stereocenters. The SMILES string of the molecule is CCCCCCCOc1cc(OCCCCCCC)c([S+](c2c(OCCCCCCC)cc(OCCCCCCC)cc2OCCCCCCC)c2c(OCCCCCCC)cc(OCCCCCCC)cc2OCCCCCCC)c(OCCCCCCC)c1.O=C([O-])O. The number of rotatable bonds is 66. The fraction of sp³-hybridized carbons (Fsp3) is 0.768. The largest absolute Gasteiger partial charge is 0.565 e. The van der Waals surface area contributed by atoms with E-state index < -0.39 is 17.1 Å². The Morgan fingerprint density at radius 3 is 0.516 bits per heavy atom. The number of benzene rings is 3. The zero-order valence-corrected chi connectivity index (χ0v) is 63.3. The van der Waals surface area contributed by atoms with Crippen LogP contribution in [-0.4, -0.2) is 70.7 Å². The van der Waals surface area contributed by atoms with Crippen molar-refractivity contribution in [3.63, 3.8) is 0 Å². The second-order valence-electron chi connectivity index (χ2n) is 26.2. The Balaban J connectivity index is 0.00000745. The smallest absolute Gasteiger partial charge is 0.250 e. The van der Waals surface area contributed by atoms with E-state index in [1.54, 1.807) is 0 Å². The highest BCUT2D eigenvalue weighted by molar-refractivity contribution is 7.97. The zero-order chi connectivity index (χ0) is 68.9. The van der Waals surface area contributed by atoms with Crippen molar-refractivity contribution < 1.29 is 57.6 Å². The maximum absolute atomic E-state index is 8.44. The van der Waals surface area contributed by atoms with Crippen LogP contribution in [0, 0.1) is 0 Å². The van der Waals surface area contributed by atoms with Gasteiger partial charge in [-0.15, -0.1) is 0 Å². The van der Waals surface area contributed by atoms with E-state index in [-0.39, 0.29) is 0 Å². The number of ether oxygens (including phenoxy) is 9. The molecule has 95 heavy (non-hydrogen) atoms. The molecule has 0 spiro atoms. The van der Waals surface area contributed by atoms with E-state index in [0.29, 0.717) is 59.5 Å². The minimum Gasteiger partial charge on any atom is -0.565 e. The van der Waals surface area contributed by atoms with E-state index in [2.05, 4.69) is 98.7 Å². The lowest BCUT2D eigenvalue weighted by Gasteiger charge is -2.24. The van der Waals surface area contributed by atoms with Gasteiger partial charge in [0.25, 0.3) is 14.7 Å². The number of hydrogen-bond donors (Lipinski definition) is 1. The molecule has 1 N–H and O–H groups in total. The van der Waals surface area contributed by atoms with Gasteiger partial charge < -0.3 is 57.6 Å². The van der Waals surface area contributed by atoms with Gasteiger partial charge in [-0.1, -0.05) is 293 Å². The molecule has 0 atom stereocenters. The fourth-order valence-electron chi connectivity index (χ4n) is 11.5. The van der Waals surface area contributed by atoms with Crippen LogP contribution in [0.3, 0.4) is 0 Å². The summed E-state index contributed by atoms with van der Waals surface area (Å²) >= 11 is 0. The fourth-order valence-corrected chi connectivity index (χ4v) is 14.0. The summed E-state index contributed by atoms with van der Waals surface area (Å²) in [6, 6.07) is 13.1. The normalized spacial score (nSPS) is 11.2. The summed E-state index contributed by atoms with van der Waals surface area (Å²) in [5.41, 5.74) is 0. The van der Waals surface area contributed by atoms with Gasteiger partial charge in [-0.2, -0.15) is 0 Å². The molecule has 548 valence electrons. The van der Waals surface area contributed by atoms with Crippen LogP contribution in [0.25, 0.3) is 0 Å². The Hall–Kier alpha value is -4.52. The van der Waals surface area contributed by atoms with Crippen molar-refractivity contribution in [2.75, 3.05) is 59.5 Å². The van der Waals surface area contributed by atoms with E-state index in [0.717, 1.165) is 182 Å². The first-order chi connectivity index (χ1) is 46.7. The third-order valence-corrected chi connectivity index (χ3v) is 19.6. The predicted octanol–water partition coefficient (Wildman–Crippen LogP) is 24.8. The topological polar surface area (TPSA) is 143 Å². The van der Waals surface area contributed by atoms with Crippen LogP contribution in [0.2, 0.25) is 0 Å². The molecule has 3 aromatic rings. The second-order valence-corrected chi connectivity index (χ2v) is 28.0. The molecule has 0 aliphatic rings. The van der Waals surface area contributed by atoms with Crippen LogP contribution in [-0.2, 0) is 10.9 Å². The molecule has 0 fully saturated rings. The van der Waals surface area contributed by atoms with Crippen LogP contribution in [0.5, 0.6) is 51.7 Å². The minimum atomic E-state index is -2.08. The van der Waals surface area contributed by atoms with Gasteiger partial charge in [-0.3, -0.25) is 0 Å². The Morgan fingerprint density at radius 1 is 0.253 bits per heavy atom. The average molecular weight is 1350 g/mol. The first-order valence-electron chi connectivity index (χ1n) is 39.5. The number of carbonyl (C=O) groups is 1. The van der Waals surface area contributed by atoms with Gasteiger partial charge in [0, 0.05) is 36.4 Å². The van der Waals surface area contributed by atoms with Gasteiger partial charge >= 0.3 is 0 Å². The van der Waals surface area contributed by atoms with Crippen molar-refractivity contribution >= 4 is 17.1 Å². The Morgan fingerprint density at radius 2 is 0.379 bits per heavy atom. The highest BCUT2D eigenvalue weighted by Gasteiger charge is 2.47. The quantitative estimate of drug-likeness (QED) is 0.0424. The van der Waals surface area contributed by atoms with Crippen molar-refractivity contribution in [2.24, 2.45) is 0 Å². The summed E-state index contributed by atoms with van der Waals surface area (Å²) in [5, 5.41) is 15.3. The lowest BCUT2D eigenvalue weighted by atomic mass is 10.1. The van der Waals surface area contributed by atoms with Gasteiger partial charge in [0.15, 0.2) is 34.5 Å². The molecule has 3 aromatic carbocycles. The molecule has 0 aliphatic carbocycles. The van der Waals surface area contributed by atoms with Crippen LogP contribution >= 0.6 is 0 Å². The van der Waals surface area contributed by atoms with E-state index >= 15 is 0 Å². The molecular formula is C82H142O12S. The maximum atomic E-state index is 8.44. The van der Waals surface area contributed by atoms with Gasteiger partial charge in [-0.05, 0) is 57.8 Å². The molecule has 13 heteroatoms. The minimum absolute atomic E-state index is 0.561. The van der Waals surface area contributed by atoms with Gasteiger partial charge in [-0.25, -0.2) is 0 Å². The van der Waals surface area contributed by atoms with E-state index in [1.807, 2.05) is 0 Å². The monoisotopic (exact) mass is 1350 g/mol. The summed E-state index contributed by atoms with van der Waals surface area (Å²) in [5.74, 6) is 6.87. The molecule has 0 aromatic heterocycles. The third kappa shape index (κ3) is 42.1. The summed E-state index contributed by atoms with van der Waals surface area (Å²) in [6.45, 7) is 25.8. The zero-order valence-electron chi connectivity index (χ0n) is 62.5. The molecule has 0 heterocycles. The van der Waals surface area contributed by atoms with Crippen LogP contribution in [0.1, 0.15) is 351 Å². The highest BCUT2D eigenvalue weighted by Crippen LogP contribution is 2.56. The maximum Gasteiger partial charge on any atom is 0.250 e. The summed E-state index contributed by atoms with van der Waals surface area (Å²) in [7, 11) is -1.12. The third-order valence-electron chi connectivity index (χ3n) is 17.2. The highest BCUT2D eigenvalue weighted by atomic mass is 32.2. The lowest BCUT2D eigenvalue weighted by Crippen LogP contribution is -2.18. The molecule has 3 rings (SSSR count). The standard InChI is InChI=1S/C81H141O9S.CH2O3/c1-10-19-28-37-46-55-82-70-64-73(85-58-49-40-31-22-13-4)79(74(65-70)86-59-50-41-32-23-14-5)91(80-75(87-60-51-42-33-24-15-6)66-71(83-56-47-38-29-20-11-2)67-76(80)88-61-52-43-34-25-16-7)81-77(89-62-53-44-35-26-17-8)68-72(84-57-48-39-30-21-12-3)69-78(81)90-63-54-45-36-27-18-9;2-1(3)4/h64-69H,10-63H2,1-9H3;(H2,2,3,4)/q+1;/p-1. The lowest BCUT2D eigenvalue weighted by molar-refractivity contribution is -0.275. The number of unbranched alkanes of at least 4 members (excludes halogenated alkanes) is 36. The van der Waals surface area contributed by atoms with E-state index in [4.69, 9.17) is 57.6 Å². The van der Waals surface area contributed by atoms with E-state index in [1.165, 1.54) is 173 Å². The Labute approximate surface area is 585 Å². The van der Waals surface area contributed by atoms with Gasteiger partial charge in [0.05, 0.1) is 59.5 Å². The van der Waals surface area contributed by atoms with Crippen molar-refractivity contribution in [2.45, 2.75) is 366 Å². The first kappa shape index (κ1) is 86.6. The second kappa shape index (κ2) is 61.8. The number of hydrogen-bond acceptors (Lipinski definition) is 11. The van der Waals surface area contributed by atoms with Gasteiger partial charge in [0.1, 0.15) is 28.1 Å². The van der Waals surface area contributed by atoms with Gasteiger partial charge in [0.2, 0.25) is 6.16 Å². The number of carboxylic acid groups (broad SMARTS) is 2. The first-order valence-corrected chi connectivity index (χ1v) is 40.7. The van der Waals surface area contributed by atoms with Crippen molar-refractivity contribution in [1.82, 2.24) is 0 Å². The molecule has 0 amide bonds. The van der Waals surface area contributed by atoms with E-state index in [9.17, 15) is 0 Å². The molecular weight excluding hydrogens is 1210 g/mol. The molecule has 0 bridgehead atoms. The molecule has 0 aliphatic heterocycles. The van der Waals surface area contributed by atoms with Crippen LogP contribution in [0.15, 0.2) is 51.1 Å². The summed E-state index contributed by atoms with van der Waals surface area (Å²) in [4.78, 5) is 11.3. The van der Waals surface area contributed by atoms with Crippen molar-refractivity contribution in [3.05, 3.63) is 36.4 Å². The molecule has 0 radical (unpaired) electrons. The predicted molar refractivity (Wildman–Crippen MR) is 398 cm³/mol. The Kier molecular flexibility index (Phi) is 56.3. The molecule has 12 nitrogen and oxygen atoms in total. The average Bonchev–Trinajstić information content (AvgIpc) is 0.747. The summed E-state index contributed by atoms with van der Waals surface area (Å²) < 4.78 is 65.1.